The number of hydrogen-bond acceptors (Lipinski definition) is 3. The fourth-order valence-electron chi connectivity index (χ4n) is 3.79. The van der Waals surface area contributed by atoms with Crippen molar-refractivity contribution in [2.75, 3.05) is 6.54 Å². The summed E-state index contributed by atoms with van der Waals surface area (Å²) in [6.45, 7) is 4.87. The molecule has 0 aromatic heterocycles. The van der Waals surface area contributed by atoms with Gasteiger partial charge in [-0.05, 0) is 62.6 Å². The van der Waals surface area contributed by atoms with Crippen molar-refractivity contribution in [3.05, 3.63) is 65.5 Å². The van der Waals surface area contributed by atoms with Crippen molar-refractivity contribution >= 4 is 10.0 Å². The highest BCUT2D eigenvalue weighted by Crippen LogP contribution is 2.39. The molecule has 0 radical (unpaired) electrons. The number of nitrogens with one attached hydrogen (secondary N) is 1. The van der Waals surface area contributed by atoms with Crippen molar-refractivity contribution in [2.45, 2.75) is 63.1 Å². The summed E-state index contributed by atoms with van der Waals surface area (Å²) in [6.07, 6.45) is 4.45. The summed E-state index contributed by atoms with van der Waals surface area (Å²) >= 11 is 0. The maximum atomic E-state index is 13.5. The van der Waals surface area contributed by atoms with Gasteiger partial charge in [0.2, 0.25) is 10.0 Å². The molecule has 0 amide bonds. The second-order valence-corrected chi connectivity index (χ2v) is 9.31. The summed E-state index contributed by atoms with van der Waals surface area (Å²) in [5.41, 5.74) is 1.85. The molecule has 1 fully saturated rings. The molecule has 1 N–H and O–H groups in total. The minimum absolute atomic E-state index is 0.252. The summed E-state index contributed by atoms with van der Waals surface area (Å²) in [5, 5.41) is 3.44. The molecule has 152 valence electrons. The maximum absolute atomic E-state index is 13.5. The highest BCUT2D eigenvalue weighted by molar-refractivity contribution is 7.89. The van der Waals surface area contributed by atoms with Gasteiger partial charge < -0.3 is 5.32 Å². The fourth-order valence-corrected chi connectivity index (χ4v) is 5.59. The monoisotopic (exact) mass is 404 g/mol. The Morgan fingerprint density at radius 1 is 1.04 bits per heavy atom. The zero-order chi connectivity index (χ0) is 20.1. The van der Waals surface area contributed by atoms with Gasteiger partial charge in [0, 0.05) is 0 Å². The predicted molar refractivity (Wildman–Crippen MR) is 110 cm³/mol. The molecule has 0 aliphatic carbocycles. The van der Waals surface area contributed by atoms with Crippen LogP contribution in [0, 0.1) is 12.7 Å². The van der Waals surface area contributed by atoms with Crippen LogP contribution in [0.5, 0.6) is 0 Å². The van der Waals surface area contributed by atoms with E-state index in [1.54, 1.807) is 28.6 Å². The standard InChI is InChI=1S/C22H29FN2O2S/c1-3-4-5-16-24-22-15-14-21(18-8-10-19(23)11-9-18)25(22)28(26,27)20-12-6-17(2)7-13-20/h6-13,21-22,24H,3-5,14-16H2,1-2H3. The van der Waals surface area contributed by atoms with Crippen molar-refractivity contribution in [3.63, 3.8) is 0 Å². The second-order valence-electron chi connectivity index (χ2n) is 7.47. The Morgan fingerprint density at radius 3 is 2.36 bits per heavy atom. The van der Waals surface area contributed by atoms with Crippen LogP contribution in [0.25, 0.3) is 0 Å². The van der Waals surface area contributed by atoms with Crippen LogP contribution in [-0.4, -0.2) is 25.4 Å². The second kappa shape index (κ2) is 9.16. The molecular weight excluding hydrogens is 375 g/mol. The van der Waals surface area contributed by atoms with Crippen LogP contribution in [0.1, 0.15) is 56.2 Å². The number of rotatable bonds is 8. The number of benzene rings is 2. The topological polar surface area (TPSA) is 49.4 Å². The molecule has 1 saturated heterocycles. The molecule has 1 heterocycles. The van der Waals surface area contributed by atoms with Crippen LogP contribution in [0.15, 0.2) is 53.4 Å². The van der Waals surface area contributed by atoms with Gasteiger partial charge in [-0.3, -0.25) is 0 Å². The van der Waals surface area contributed by atoms with E-state index < -0.39 is 10.0 Å². The lowest BCUT2D eigenvalue weighted by Gasteiger charge is -2.30. The molecule has 3 rings (SSSR count). The smallest absolute Gasteiger partial charge is 0.245 e. The highest BCUT2D eigenvalue weighted by Gasteiger charge is 2.42. The lowest BCUT2D eigenvalue weighted by molar-refractivity contribution is 0.284. The average Bonchev–Trinajstić information content (AvgIpc) is 3.11. The Kier molecular flexibility index (Phi) is 6.86. The van der Waals surface area contributed by atoms with Crippen LogP contribution < -0.4 is 5.32 Å². The van der Waals surface area contributed by atoms with E-state index >= 15 is 0 Å². The third kappa shape index (κ3) is 4.62. The highest BCUT2D eigenvalue weighted by atomic mass is 32.2. The summed E-state index contributed by atoms with van der Waals surface area (Å²) in [7, 11) is -3.68. The van der Waals surface area contributed by atoms with Gasteiger partial charge in [-0.1, -0.05) is 49.6 Å². The van der Waals surface area contributed by atoms with Gasteiger partial charge in [0.1, 0.15) is 5.82 Å². The first-order valence-electron chi connectivity index (χ1n) is 10.0. The van der Waals surface area contributed by atoms with Crippen molar-refractivity contribution in [1.29, 1.82) is 0 Å². The van der Waals surface area contributed by atoms with Gasteiger partial charge >= 0.3 is 0 Å². The third-order valence-corrected chi connectivity index (χ3v) is 7.27. The largest absolute Gasteiger partial charge is 0.301 e. The summed E-state index contributed by atoms with van der Waals surface area (Å²) < 4.78 is 42.0. The number of nitrogens with zero attached hydrogens (tertiary/aromatic N) is 1. The Labute approximate surface area is 167 Å². The molecule has 2 aromatic rings. The Morgan fingerprint density at radius 2 is 1.71 bits per heavy atom. The molecule has 0 bridgehead atoms. The molecule has 2 atom stereocenters. The lowest BCUT2D eigenvalue weighted by atomic mass is 10.1. The maximum Gasteiger partial charge on any atom is 0.245 e. The van der Waals surface area contributed by atoms with Gasteiger partial charge in [-0.2, -0.15) is 4.31 Å². The van der Waals surface area contributed by atoms with Gasteiger partial charge in [-0.15, -0.1) is 0 Å². The van der Waals surface area contributed by atoms with E-state index in [-0.39, 0.29) is 18.0 Å². The van der Waals surface area contributed by atoms with Gasteiger partial charge in [0.15, 0.2) is 0 Å². The summed E-state index contributed by atoms with van der Waals surface area (Å²) in [6, 6.07) is 12.9. The summed E-state index contributed by atoms with van der Waals surface area (Å²) in [4.78, 5) is 0.299. The number of unbranched alkanes of at least 4 members (excludes halogenated alkanes) is 2. The van der Waals surface area contributed by atoms with Crippen LogP contribution in [0.4, 0.5) is 4.39 Å². The molecule has 0 saturated carbocycles. The van der Waals surface area contributed by atoms with E-state index in [9.17, 15) is 12.8 Å². The zero-order valence-corrected chi connectivity index (χ0v) is 17.4. The Balaban J connectivity index is 1.92. The molecule has 4 nitrogen and oxygen atoms in total. The van der Waals surface area contributed by atoms with E-state index in [0.29, 0.717) is 11.3 Å². The summed E-state index contributed by atoms with van der Waals surface area (Å²) in [5.74, 6) is -0.316. The van der Waals surface area contributed by atoms with Crippen molar-refractivity contribution in [3.8, 4) is 0 Å². The predicted octanol–water partition coefficient (Wildman–Crippen LogP) is 4.77. The van der Waals surface area contributed by atoms with Crippen LogP contribution in [-0.2, 0) is 10.0 Å². The molecular formula is C22H29FN2O2S. The normalized spacial score (nSPS) is 20.5. The van der Waals surface area contributed by atoms with E-state index in [1.807, 2.05) is 19.1 Å². The quantitative estimate of drug-likeness (QED) is 0.645. The number of hydrogen-bond donors (Lipinski definition) is 1. The molecule has 6 heteroatoms. The third-order valence-electron chi connectivity index (χ3n) is 5.34. The van der Waals surface area contributed by atoms with Gasteiger partial charge in [0.05, 0.1) is 17.1 Å². The Bertz CT molecular complexity index is 866. The first-order valence-corrected chi connectivity index (χ1v) is 11.5. The van der Waals surface area contributed by atoms with E-state index in [4.69, 9.17) is 0 Å². The van der Waals surface area contributed by atoms with E-state index in [0.717, 1.165) is 43.4 Å². The average molecular weight is 405 g/mol. The molecule has 0 spiro atoms. The fraction of sp³-hybridized carbons (Fsp3) is 0.455. The zero-order valence-electron chi connectivity index (χ0n) is 16.6. The molecule has 28 heavy (non-hydrogen) atoms. The first kappa shape index (κ1) is 21.0. The Hall–Kier alpha value is -1.76. The number of sulfonamides is 1. The van der Waals surface area contributed by atoms with Gasteiger partial charge in [0.25, 0.3) is 0 Å². The van der Waals surface area contributed by atoms with Crippen molar-refractivity contribution in [2.24, 2.45) is 0 Å². The molecule has 2 aromatic carbocycles. The first-order chi connectivity index (χ1) is 13.4. The SMILES string of the molecule is CCCCCNC1CCC(c2ccc(F)cc2)N1S(=O)(=O)c1ccc(C)cc1. The minimum atomic E-state index is -3.68. The minimum Gasteiger partial charge on any atom is -0.301 e. The van der Waals surface area contributed by atoms with E-state index in [1.165, 1.54) is 12.1 Å². The van der Waals surface area contributed by atoms with Crippen LogP contribution in [0.2, 0.25) is 0 Å². The molecule has 1 aliphatic rings. The molecule has 1 aliphatic heterocycles. The van der Waals surface area contributed by atoms with Crippen molar-refractivity contribution in [1.82, 2.24) is 9.62 Å². The molecule has 2 unspecified atom stereocenters. The number of aryl methyl sites for hydroxylation is 1. The van der Waals surface area contributed by atoms with Crippen LogP contribution in [0.3, 0.4) is 0 Å². The van der Waals surface area contributed by atoms with Crippen molar-refractivity contribution < 1.29 is 12.8 Å². The lowest BCUT2D eigenvalue weighted by Crippen LogP contribution is -2.45. The van der Waals surface area contributed by atoms with Gasteiger partial charge in [-0.25, -0.2) is 12.8 Å². The van der Waals surface area contributed by atoms with Crippen LogP contribution >= 0.6 is 0 Å². The van der Waals surface area contributed by atoms with E-state index in [2.05, 4.69) is 12.2 Å². The number of halogens is 1.